The molecule has 6 aliphatic rings. The Balaban J connectivity index is 0.0000000991. The van der Waals surface area contributed by atoms with Crippen LogP contribution in [-0.2, 0) is 16.2 Å². The molecular weight excluding hydrogens is 1680 g/mol. The molecule has 6 heterocycles. The van der Waals surface area contributed by atoms with Crippen molar-refractivity contribution in [3.63, 3.8) is 0 Å². The fourth-order valence-corrected chi connectivity index (χ4v) is 27.8. The Hall–Kier alpha value is -15.5. The molecule has 0 saturated heterocycles. The van der Waals surface area contributed by atoms with Gasteiger partial charge in [0.15, 0.2) is 0 Å². The first kappa shape index (κ1) is 75.5. The number of benzene rings is 21. The van der Waals surface area contributed by atoms with E-state index in [9.17, 15) is 0 Å². The highest BCUT2D eigenvalue weighted by molar-refractivity contribution is 7.99. The Morgan fingerprint density at radius 3 is 1.17 bits per heavy atom. The maximum absolute atomic E-state index is 6.78. The van der Waals surface area contributed by atoms with E-state index in [-0.39, 0.29) is 0 Å². The van der Waals surface area contributed by atoms with Crippen LogP contribution >= 0.6 is 46.2 Å². The van der Waals surface area contributed by atoms with E-state index in [0.29, 0.717) is 0 Å². The molecule has 9 heteroatoms. The lowest BCUT2D eigenvalue weighted by molar-refractivity contribution is 0.437. The number of rotatable bonds is 6. The molecule has 30 rings (SSSR count). The number of nitrogens with one attached hydrogen (secondary N) is 3. The van der Waals surface area contributed by atoms with Gasteiger partial charge >= 0.3 is 0 Å². The SMILES string of the molecule is c1ccc2c(c1)-c1ccccc1C21c2cc(Nc3cccc4oc5ccccc5c34)ccc2Oc2cc3ccccc3cc21.c1ccc2c(c1)-c1ccccc1C21c2cc(Nc3cccc4sc5ccccc5c34)ccc2Sc2cc3ccccc3cc21.c1ccc2c(c1)Sc1ccc(Nc3cccc4sc5ccccc5c34)cc1C21c2ccccc2-c2c1ccc1ccccc21. The van der Waals surface area contributed by atoms with Gasteiger partial charge in [-0.15, -0.1) is 22.7 Å². The van der Waals surface area contributed by atoms with Crippen LogP contribution in [0, 0.1) is 0 Å². The third kappa shape index (κ3) is 11.0. The number of anilines is 6. The zero-order valence-electron chi connectivity index (χ0n) is 71.0. The molecule has 21 aromatic carbocycles. The smallest absolute Gasteiger partial charge is 0.137 e. The van der Waals surface area contributed by atoms with Crippen molar-refractivity contribution in [2.24, 2.45) is 0 Å². The molecule has 1 atom stereocenters. The van der Waals surface area contributed by atoms with Crippen LogP contribution < -0.4 is 20.7 Å². The predicted octanol–water partition coefficient (Wildman–Crippen LogP) is 34.5. The van der Waals surface area contributed by atoms with Gasteiger partial charge in [0.05, 0.1) is 27.3 Å². The van der Waals surface area contributed by atoms with Gasteiger partial charge in [-0.05, 0) is 261 Å². The topological polar surface area (TPSA) is 58.5 Å². The molecule has 0 bridgehead atoms. The van der Waals surface area contributed by atoms with Crippen LogP contribution in [-0.4, -0.2) is 0 Å². The summed E-state index contributed by atoms with van der Waals surface area (Å²) in [6.45, 7) is 0. The van der Waals surface area contributed by atoms with E-state index in [0.717, 1.165) is 73.1 Å². The summed E-state index contributed by atoms with van der Waals surface area (Å²) in [4.78, 5) is 5.28. The minimum atomic E-state index is -0.536. The van der Waals surface area contributed by atoms with Gasteiger partial charge in [0.2, 0.25) is 0 Å². The zero-order chi connectivity index (χ0) is 86.5. The molecule has 3 N–H and O–H groups in total. The van der Waals surface area contributed by atoms with Crippen LogP contribution in [0.1, 0.15) is 66.8 Å². The first-order valence-electron chi connectivity index (χ1n) is 45.0. The van der Waals surface area contributed by atoms with Crippen LogP contribution in [0.15, 0.2) is 461 Å². The van der Waals surface area contributed by atoms with Gasteiger partial charge in [-0.2, -0.15) is 0 Å². The Morgan fingerprint density at radius 1 is 0.205 bits per heavy atom. The van der Waals surface area contributed by atoms with Crippen molar-refractivity contribution in [2.45, 2.75) is 35.8 Å². The van der Waals surface area contributed by atoms with Crippen LogP contribution in [0.25, 0.3) is 128 Å². The van der Waals surface area contributed by atoms with Crippen molar-refractivity contribution in [3.05, 3.63) is 504 Å². The van der Waals surface area contributed by atoms with E-state index in [4.69, 9.17) is 9.15 Å². The standard InChI is InChI=1S/C41H25NO2.2C41H25NS2/c2*1-2-11-26-23-39-33(22-25(26)10-1)41(31-15-6-3-12-28(31)29-13-4-7-16-32(29)41)34-24-27(20-21-37(34)44-39)42-35-17-9-19-38-40(35)30-14-5-8-18-36(30)43-38;1-2-11-27-25(10-1)20-22-32-39(27)28-12-3-5-14-30(28)41(32)31-15-6-8-18-36(31)44-37-23-21-26(24-33(37)41)42-34-16-9-19-38-40(34)29-13-4-7-17-35(29)43-38/h3*1-24,42H. The molecule has 1 unspecified atom stereocenters. The second-order valence-electron chi connectivity index (χ2n) is 35.2. The summed E-state index contributed by atoms with van der Waals surface area (Å²) in [5, 5.41) is 26.4. The average molecular weight is 1760 g/mol. The molecule has 3 aliphatic heterocycles. The monoisotopic (exact) mass is 1750 g/mol. The van der Waals surface area contributed by atoms with E-state index in [1.54, 1.807) is 0 Å². The summed E-state index contributed by atoms with van der Waals surface area (Å²) >= 11 is 7.51. The van der Waals surface area contributed by atoms with Crippen molar-refractivity contribution in [2.75, 3.05) is 16.0 Å². The second kappa shape index (κ2) is 29.3. The van der Waals surface area contributed by atoms with Crippen molar-refractivity contribution >= 4 is 175 Å². The molecule has 132 heavy (non-hydrogen) atoms. The van der Waals surface area contributed by atoms with Crippen LogP contribution in [0.5, 0.6) is 11.5 Å². The second-order valence-corrected chi connectivity index (χ2v) is 39.6. The third-order valence-corrected chi connectivity index (χ3v) is 33.0. The lowest BCUT2D eigenvalue weighted by atomic mass is 9.65. The molecular formula is C123H75N3O2S4. The fraction of sp³-hybridized carbons (Fsp3) is 0.0244. The first-order chi connectivity index (χ1) is 65.4. The minimum absolute atomic E-state index is 0.411. The number of para-hydroxylation sites is 1. The normalized spacial score (nSPS) is 14.7. The van der Waals surface area contributed by atoms with Crippen molar-refractivity contribution in [1.82, 2.24) is 0 Å². The first-order valence-corrected chi connectivity index (χ1v) is 48.3. The lowest BCUT2D eigenvalue weighted by Gasteiger charge is -2.40. The fourth-order valence-electron chi connectivity index (χ4n) is 23.2. The van der Waals surface area contributed by atoms with Crippen molar-refractivity contribution < 1.29 is 9.15 Å². The van der Waals surface area contributed by atoms with Gasteiger partial charge in [0, 0.05) is 105 Å². The van der Waals surface area contributed by atoms with Gasteiger partial charge in [0.1, 0.15) is 22.7 Å². The van der Waals surface area contributed by atoms with Gasteiger partial charge in [-0.25, -0.2) is 0 Å². The Labute approximate surface area is 778 Å². The maximum Gasteiger partial charge on any atom is 0.137 e. The zero-order valence-corrected chi connectivity index (χ0v) is 74.3. The Kier molecular flexibility index (Phi) is 16.7. The summed E-state index contributed by atoms with van der Waals surface area (Å²) in [7, 11) is 0. The molecule has 3 spiro atoms. The molecule has 24 aromatic rings. The average Bonchev–Trinajstić information content (AvgIpc) is 1.52. The molecule has 5 nitrogen and oxygen atoms in total. The molecule has 3 aliphatic carbocycles. The molecule has 0 fully saturated rings. The predicted molar refractivity (Wildman–Crippen MR) is 554 cm³/mol. The van der Waals surface area contributed by atoms with E-state index >= 15 is 0 Å². The highest BCUT2D eigenvalue weighted by Gasteiger charge is 2.54. The quantitative estimate of drug-likeness (QED) is 0.153. The molecule has 0 radical (unpaired) electrons. The highest BCUT2D eigenvalue weighted by Crippen LogP contribution is 2.68. The molecule has 0 saturated carbocycles. The molecule has 3 aromatic heterocycles. The largest absolute Gasteiger partial charge is 0.457 e. The lowest BCUT2D eigenvalue weighted by Crippen LogP contribution is -2.32. The Bertz CT molecular complexity index is 8450. The van der Waals surface area contributed by atoms with Crippen molar-refractivity contribution in [3.8, 4) is 44.9 Å². The maximum atomic E-state index is 6.78. The van der Waals surface area contributed by atoms with Crippen LogP contribution in [0.3, 0.4) is 0 Å². The van der Waals surface area contributed by atoms with Gasteiger partial charge in [-0.3, -0.25) is 0 Å². The van der Waals surface area contributed by atoms with Crippen molar-refractivity contribution in [1.29, 1.82) is 0 Å². The van der Waals surface area contributed by atoms with Crippen LogP contribution in [0.2, 0.25) is 0 Å². The summed E-state index contributed by atoms with van der Waals surface area (Å²) in [5.41, 5.74) is 30.5. The number of hydrogen-bond acceptors (Lipinski definition) is 9. The van der Waals surface area contributed by atoms with Gasteiger partial charge in [-0.1, -0.05) is 321 Å². The molecule has 0 amide bonds. The van der Waals surface area contributed by atoms with E-state index in [1.807, 2.05) is 70.5 Å². The Morgan fingerprint density at radius 2 is 0.583 bits per heavy atom. The number of furan rings is 1. The number of ether oxygens (including phenoxy) is 1. The number of fused-ring (bicyclic) bond motifs is 40. The minimum Gasteiger partial charge on any atom is -0.457 e. The van der Waals surface area contributed by atoms with E-state index < -0.39 is 16.2 Å². The number of thiophene rings is 2. The summed E-state index contributed by atoms with van der Waals surface area (Å²) < 4.78 is 18.2. The third-order valence-electron chi connectivity index (χ3n) is 28.5. The summed E-state index contributed by atoms with van der Waals surface area (Å²) in [6.07, 6.45) is 0. The molecule has 618 valence electrons. The highest BCUT2D eigenvalue weighted by atomic mass is 32.2. The summed E-state index contributed by atoms with van der Waals surface area (Å²) in [5.74, 6) is 1.77. The number of hydrogen-bond donors (Lipinski definition) is 3. The van der Waals surface area contributed by atoms with E-state index in [1.165, 1.54) is 187 Å². The summed E-state index contributed by atoms with van der Waals surface area (Å²) in [6, 6.07) is 160. The van der Waals surface area contributed by atoms with E-state index in [2.05, 4.69) is 428 Å². The van der Waals surface area contributed by atoms with Gasteiger partial charge in [0.25, 0.3) is 0 Å². The van der Waals surface area contributed by atoms with Crippen LogP contribution in [0.4, 0.5) is 34.1 Å². The van der Waals surface area contributed by atoms with Gasteiger partial charge < -0.3 is 25.1 Å².